The zero-order valence-corrected chi connectivity index (χ0v) is 16.7. The zero-order valence-electron chi connectivity index (χ0n) is 15.9. The first kappa shape index (κ1) is 20.9. The summed E-state index contributed by atoms with van der Waals surface area (Å²) in [5.41, 5.74) is 0.829. The smallest absolute Gasteiger partial charge is 0.256 e. The van der Waals surface area contributed by atoms with Crippen LogP contribution in [0.25, 0.3) is 0 Å². The zero-order chi connectivity index (χ0) is 19.4. The van der Waals surface area contributed by atoms with Crippen LogP contribution in [0.3, 0.4) is 0 Å². The van der Waals surface area contributed by atoms with E-state index in [4.69, 9.17) is 0 Å². The number of benzene rings is 1. The van der Waals surface area contributed by atoms with Crippen molar-refractivity contribution in [3.63, 3.8) is 0 Å². The highest BCUT2D eigenvalue weighted by Gasteiger charge is 2.41. The molecular formula is C19H30N2O4S. The highest BCUT2D eigenvalue weighted by atomic mass is 32.2. The summed E-state index contributed by atoms with van der Waals surface area (Å²) >= 11 is 0. The summed E-state index contributed by atoms with van der Waals surface area (Å²) in [5.74, 6) is 0.163. The predicted molar refractivity (Wildman–Crippen MR) is 103 cm³/mol. The van der Waals surface area contributed by atoms with Crippen LogP contribution in [-0.2, 0) is 21.2 Å². The van der Waals surface area contributed by atoms with E-state index in [1.54, 1.807) is 4.90 Å². The van der Waals surface area contributed by atoms with E-state index in [9.17, 15) is 18.3 Å². The number of piperidine rings is 1. The average Bonchev–Trinajstić information content (AvgIpc) is 2.56. The van der Waals surface area contributed by atoms with Crippen LogP contribution in [0.5, 0.6) is 0 Å². The van der Waals surface area contributed by atoms with E-state index in [0.717, 1.165) is 12.0 Å². The van der Waals surface area contributed by atoms with Gasteiger partial charge >= 0.3 is 0 Å². The Morgan fingerprint density at radius 2 is 1.92 bits per heavy atom. The van der Waals surface area contributed by atoms with Crippen molar-refractivity contribution >= 4 is 15.7 Å². The monoisotopic (exact) mass is 382 g/mol. The minimum atomic E-state index is -3.06. The van der Waals surface area contributed by atoms with Crippen molar-refractivity contribution in [2.45, 2.75) is 44.8 Å². The predicted octanol–water partition coefficient (Wildman–Crippen LogP) is 1.30. The molecule has 1 saturated heterocycles. The van der Waals surface area contributed by atoms with Crippen molar-refractivity contribution in [1.29, 1.82) is 0 Å². The molecular weight excluding hydrogens is 352 g/mol. The maximum absolute atomic E-state index is 12.7. The fourth-order valence-corrected chi connectivity index (χ4v) is 3.68. The lowest BCUT2D eigenvalue weighted by atomic mass is 9.91. The molecule has 1 fully saturated rings. The van der Waals surface area contributed by atoms with Crippen molar-refractivity contribution < 1.29 is 18.3 Å². The quantitative estimate of drug-likeness (QED) is 0.662. The first-order chi connectivity index (χ1) is 12.1. The van der Waals surface area contributed by atoms with Gasteiger partial charge in [0.25, 0.3) is 5.91 Å². The molecule has 0 bridgehead atoms. The van der Waals surface area contributed by atoms with Crippen LogP contribution >= 0.6 is 0 Å². The molecule has 2 rings (SSSR count). The van der Waals surface area contributed by atoms with E-state index in [1.807, 2.05) is 12.1 Å². The number of carbonyl (C=O) groups excluding carboxylic acids is 1. The number of nitrogens with one attached hydrogen (secondary N) is 1. The number of aliphatic hydroxyl groups is 1. The number of rotatable bonds is 8. The summed E-state index contributed by atoms with van der Waals surface area (Å²) in [7, 11) is -3.06. The van der Waals surface area contributed by atoms with Gasteiger partial charge in [0.15, 0.2) is 5.60 Å². The van der Waals surface area contributed by atoms with Crippen LogP contribution in [0.1, 0.15) is 43.7 Å². The molecule has 0 aliphatic carbocycles. The maximum Gasteiger partial charge on any atom is 0.256 e. The van der Waals surface area contributed by atoms with E-state index in [-0.39, 0.29) is 24.7 Å². The number of likely N-dealkylation sites (tertiary alicyclic amines) is 1. The number of hydrogen-bond acceptors (Lipinski definition) is 5. The van der Waals surface area contributed by atoms with Crippen LogP contribution in [0.2, 0.25) is 0 Å². The Hall–Kier alpha value is -1.44. The minimum absolute atomic E-state index is 0.0107. The Balaban J connectivity index is 1.95. The van der Waals surface area contributed by atoms with Crippen LogP contribution in [0, 0.1) is 0 Å². The molecule has 0 spiro atoms. The molecule has 7 heteroatoms. The highest BCUT2D eigenvalue weighted by Crippen LogP contribution is 2.24. The van der Waals surface area contributed by atoms with Gasteiger partial charge in [-0.05, 0) is 29.9 Å². The summed E-state index contributed by atoms with van der Waals surface area (Å²) in [4.78, 5) is 14.4. The normalized spacial score (nSPS) is 21.4. The van der Waals surface area contributed by atoms with Crippen molar-refractivity contribution in [2.24, 2.45) is 0 Å². The van der Waals surface area contributed by atoms with Crippen molar-refractivity contribution in [3.05, 3.63) is 35.4 Å². The summed E-state index contributed by atoms with van der Waals surface area (Å²) in [6.45, 7) is 5.68. The third kappa shape index (κ3) is 5.79. The van der Waals surface area contributed by atoms with Gasteiger partial charge in [0.2, 0.25) is 0 Å². The molecule has 0 saturated carbocycles. The molecule has 1 aromatic rings. The van der Waals surface area contributed by atoms with Crippen LogP contribution < -0.4 is 5.32 Å². The number of nitrogens with zero attached hydrogens (tertiary/aromatic N) is 1. The summed E-state index contributed by atoms with van der Waals surface area (Å²) in [6.07, 6.45) is 2.28. The Labute approximate surface area is 156 Å². The SMILES string of the molecule is CC(C)c1ccc(CN2CCCC(O)(CNCCS(C)(=O)=O)C2=O)cc1. The first-order valence-electron chi connectivity index (χ1n) is 9.10. The molecule has 1 aliphatic rings. The number of hydrogen-bond donors (Lipinski definition) is 2. The molecule has 1 atom stereocenters. The van der Waals surface area contributed by atoms with Crippen molar-refractivity contribution in [1.82, 2.24) is 10.2 Å². The Bertz CT molecular complexity index is 716. The van der Waals surface area contributed by atoms with Crippen LogP contribution in [-0.4, -0.2) is 61.6 Å². The third-order valence-electron chi connectivity index (χ3n) is 4.79. The summed E-state index contributed by atoms with van der Waals surface area (Å²) < 4.78 is 22.3. The van der Waals surface area contributed by atoms with Gasteiger partial charge in [0.05, 0.1) is 5.75 Å². The molecule has 1 unspecified atom stereocenters. The lowest BCUT2D eigenvalue weighted by Gasteiger charge is -2.38. The lowest BCUT2D eigenvalue weighted by molar-refractivity contribution is -0.157. The Kier molecular flexibility index (Phi) is 6.82. The molecule has 1 aromatic carbocycles. The topological polar surface area (TPSA) is 86.7 Å². The van der Waals surface area contributed by atoms with Crippen LogP contribution in [0.15, 0.2) is 24.3 Å². The van der Waals surface area contributed by atoms with E-state index < -0.39 is 15.4 Å². The lowest BCUT2D eigenvalue weighted by Crippen LogP contribution is -2.58. The summed E-state index contributed by atoms with van der Waals surface area (Å²) in [6, 6.07) is 8.21. The molecule has 6 nitrogen and oxygen atoms in total. The average molecular weight is 383 g/mol. The summed E-state index contributed by atoms with van der Waals surface area (Å²) in [5, 5.41) is 13.6. The van der Waals surface area contributed by atoms with E-state index in [0.29, 0.717) is 25.4 Å². The van der Waals surface area contributed by atoms with E-state index in [2.05, 4.69) is 31.3 Å². The standard InChI is InChI=1S/C19H30N2O4S/c1-15(2)17-7-5-16(6-8-17)13-21-11-4-9-19(23,18(21)22)14-20-10-12-26(3,24)25/h5-8,15,20,23H,4,9-14H2,1-3H3. The molecule has 26 heavy (non-hydrogen) atoms. The largest absolute Gasteiger partial charge is 0.379 e. The molecule has 2 N–H and O–H groups in total. The van der Waals surface area contributed by atoms with Gasteiger partial charge in [-0.25, -0.2) is 8.42 Å². The molecule has 1 aliphatic heterocycles. The number of sulfone groups is 1. The number of carbonyl (C=O) groups is 1. The molecule has 1 heterocycles. The van der Waals surface area contributed by atoms with Crippen molar-refractivity contribution in [3.8, 4) is 0 Å². The van der Waals surface area contributed by atoms with Crippen molar-refractivity contribution in [2.75, 3.05) is 31.6 Å². The fraction of sp³-hybridized carbons (Fsp3) is 0.632. The first-order valence-corrected chi connectivity index (χ1v) is 11.2. The van der Waals surface area contributed by atoms with Gasteiger partial charge in [-0.3, -0.25) is 4.79 Å². The van der Waals surface area contributed by atoms with E-state index >= 15 is 0 Å². The van der Waals surface area contributed by atoms with Gasteiger partial charge < -0.3 is 15.3 Å². The molecule has 146 valence electrons. The van der Waals surface area contributed by atoms with Gasteiger partial charge in [-0.2, -0.15) is 0 Å². The van der Waals surface area contributed by atoms with E-state index in [1.165, 1.54) is 11.8 Å². The second-order valence-corrected chi connectivity index (χ2v) is 9.82. The Morgan fingerprint density at radius 1 is 1.27 bits per heavy atom. The molecule has 1 amide bonds. The minimum Gasteiger partial charge on any atom is -0.379 e. The Morgan fingerprint density at radius 3 is 2.50 bits per heavy atom. The van der Waals surface area contributed by atoms with Gasteiger partial charge in [-0.1, -0.05) is 38.1 Å². The van der Waals surface area contributed by atoms with Gasteiger partial charge in [-0.15, -0.1) is 0 Å². The molecule has 0 radical (unpaired) electrons. The number of amides is 1. The molecule has 0 aromatic heterocycles. The second kappa shape index (κ2) is 8.50. The maximum atomic E-state index is 12.7. The second-order valence-electron chi connectivity index (χ2n) is 7.56. The van der Waals surface area contributed by atoms with Gasteiger partial charge in [0.1, 0.15) is 9.84 Å². The highest BCUT2D eigenvalue weighted by molar-refractivity contribution is 7.90. The van der Waals surface area contributed by atoms with Gasteiger partial charge in [0, 0.05) is 32.4 Å². The third-order valence-corrected chi connectivity index (χ3v) is 5.74. The fourth-order valence-electron chi connectivity index (χ4n) is 3.16. The van der Waals surface area contributed by atoms with Crippen LogP contribution in [0.4, 0.5) is 0 Å².